The summed E-state index contributed by atoms with van der Waals surface area (Å²) in [6.07, 6.45) is 0. The molecule has 65 valence electrons. The summed E-state index contributed by atoms with van der Waals surface area (Å²) in [5.74, 6) is 2.06. The van der Waals surface area contributed by atoms with Gasteiger partial charge in [-0.3, -0.25) is 9.98 Å². The predicted molar refractivity (Wildman–Crippen MR) is 63.5 cm³/mol. The fourth-order valence-electron chi connectivity index (χ4n) is 1.29. The van der Waals surface area contributed by atoms with Crippen LogP contribution in [-0.4, -0.2) is 23.1 Å². The van der Waals surface area contributed by atoms with E-state index in [0.29, 0.717) is 11.8 Å². The monoisotopic (exact) mass is 275 g/mol. The number of amidine groups is 1. The largest absolute Gasteiger partial charge is 0.270 e. The molecule has 1 aliphatic rings. The van der Waals surface area contributed by atoms with Crippen LogP contribution in [0.25, 0.3) is 0 Å². The minimum absolute atomic E-state index is 0.519. The lowest BCUT2D eigenvalue weighted by atomic mass is 9.80. The zero-order valence-electron chi connectivity index (χ0n) is 7.71. The molecule has 0 amide bonds. The van der Waals surface area contributed by atoms with Crippen molar-refractivity contribution in [3.8, 4) is 0 Å². The average Bonchev–Trinajstić information content (AvgIpc) is 2.03. The minimum Gasteiger partial charge on any atom is -0.270 e. The molecular weight excluding hydrogens is 262 g/mol. The third-order valence-electron chi connectivity index (χ3n) is 2.10. The molecule has 0 aromatic rings. The van der Waals surface area contributed by atoms with Crippen LogP contribution in [0, 0.1) is 11.8 Å². The van der Waals surface area contributed by atoms with Crippen LogP contribution in [0.5, 0.6) is 0 Å². The van der Waals surface area contributed by atoms with E-state index in [-0.39, 0.29) is 0 Å². The van der Waals surface area contributed by atoms with Crippen molar-refractivity contribution in [3.05, 3.63) is 0 Å². The second kappa shape index (κ2) is 4.39. The Bertz CT molecular complexity index is 223. The van der Waals surface area contributed by atoms with E-state index in [2.05, 4.69) is 51.3 Å². The molecule has 2 nitrogen and oxygen atoms in total. The van der Waals surface area contributed by atoms with Crippen LogP contribution in [0.1, 0.15) is 20.8 Å². The van der Waals surface area contributed by atoms with Crippen molar-refractivity contribution in [2.75, 3.05) is 6.54 Å². The number of rotatable bonds is 2. The molecule has 0 aliphatic carbocycles. The summed E-state index contributed by atoms with van der Waals surface area (Å²) in [6.45, 7) is 7.30. The number of hydrogen-bond donors (Lipinski definition) is 0. The molecule has 0 aromatic carbocycles. The molecule has 0 saturated carbocycles. The van der Waals surface area contributed by atoms with Crippen molar-refractivity contribution in [1.29, 1.82) is 0 Å². The third-order valence-corrected chi connectivity index (χ3v) is 2.74. The summed E-state index contributed by atoms with van der Waals surface area (Å²) in [5, 5.41) is 2.07. The Morgan fingerprint density at radius 2 is 2.25 bits per heavy atom. The quantitative estimate of drug-likeness (QED) is 0.545. The van der Waals surface area contributed by atoms with Gasteiger partial charge in [-0.25, -0.2) is 0 Å². The van der Waals surface area contributed by atoms with E-state index >= 15 is 0 Å². The summed E-state index contributed by atoms with van der Waals surface area (Å²) in [6, 6.07) is 0. The molecule has 0 aromatic heterocycles. The van der Waals surface area contributed by atoms with Gasteiger partial charge in [-0.1, -0.05) is 13.8 Å². The van der Waals surface area contributed by atoms with Gasteiger partial charge < -0.3 is 0 Å². The van der Waals surface area contributed by atoms with E-state index in [1.807, 2.05) is 6.92 Å². The third kappa shape index (κ3) is 2.31. The molecule has 0 saturated heterocycles. The molecule has 0 spiro atoms. The molecule has 0 bridgehead atoms. The van der Waals surface area contributed by atoms with E-state index in [1.54, 1.807) is 0 Å². The van der Waals surface area contributed by atoms with Gasteiger partial charge in [-0.2, -0.15) is 0 Å². The van der Waals surface area contributed by atoms with Crippen LogP contribution in [0.3, 0.4) is 0 Å². The Morgan fingerprint density at radius 3 is 2.75 bits per heavy atom. The van der Waals surface area contributed by atoms with Gasteiger partial charge >= 0.3 is 0 Å². The fraction of sp³-hybridized carbons (Fsp3) is 0.750. The highest BCUT2D eigenvalue weighted by molar-refractivity contribution is 14.1. The predicted octanol–water partition coefficient (Wildman–Crippen LogP) is 2.14. The second-order valence-electron chi connectivity index (χ2n) is 3.38. The van der Waals surface area contributed by atoms with Crippen LogP contribution in [0.4, 0.5) is 0 Å². The van der Waals surface area contributed by atoms with Gasteiger partial charge in [0.25, 0.3) is 5.14 Å². The Kier molecular flexibility index (Phi) is 3.74. The molecule has 1 atom stereocenters. The van der Waals surface area contributed by atoms with E-state index in [0.717, 1.165) is 12.4 Å². The van der Waals surface area contributed by atoms with Crippen LogP contribution in [0.15, 0.2) is 9.98 Å². The molecule has 1 aliphatic heterocycles. The highest BCUT2D eigenvalue weighted by Crippen LogP contribution is 2.17. The first-order valence-electron chi connectivity index (χ1n) is 4.18. The molecule has 0 fully saturated rings. The van der Waals surface area contributed by atoms with Crippen molar-refractivity contribution in [2.24, 2.45) is 21.8 Å². The maximum Gasteiger partial charge on any atom is 0.258 e. The molecular formula is C8H13BIN2. The maximum atomic E-state index is 4.41. The van der Waals surface area contributed by atoms with E-state index < -0.39 is 0 Å². The first-order chi connectivity index (χ1) is 5.65. The molecule has 1 radical (unpaired) electrons. The van der Waals surface area contributed by atoms with Gasteiger partial charge in [-0.15, -0.1) is 22.4 Å². The van der Waals surface area contributed by atoms with Crippen molar-refractivity contribution in [2.45, 2.75) is 20.8 Å². The van der Waals surface area contributed by atoms with Crippen molar-refractivity contribution < 1.29 is 0 Å². The molecule has 1 unspecified atom stereocenters. The molecule has 12 heavy (non-hydrogen) atoms. The summed E-state index contributed by atoms with van der Waals surface area (Å²) in [4.78, 5) is 8.74. The normalized spacial score (nSPS) is 23.6. The standard InChI is InChI=1S/C8H13BIN2/c1-5(2)7-4-11-6(3)12-8(7)9-10/h5,7H,4H2,1-3H3. The summed E-state index contributed by atoms with van der Waals surface area (Å²) >= 11 is 2.25. The van der Waals surface area contributed by atoms with Gasteiger partial charge in [0.15, 0.2) is 0 Å². The summed E-state index contributed by atoms with van der Waals surface area (Å²) < 4.78 is 0. The number of hydrogen-bond acceptors (Lipinski definition) is 2. The van der Waals surface area contributed by atoms with Crippen LogP contribution in [-0.2, 0) is 0 Å². The Balaban J connectivity index is 2.77. The highest BCUT2D eigenvalue weighted by Gasteiger charge is 2.21. The van der Waals surface area contributed by atoms with Crippen LogP contribution in [0.2, 0.25) is 0 Å². The number of aliphatic imine (C=N–C) groups is 2. The van der Waals surface area contributed by atoms with Crippen LogP contribution < -0.4 is 0 Å². The highest BCUT2D eigenvalue weighted by atomic mass is 127. The van der Waals surface area contributed by atoms with E-state index in [9.17, 15) is 0 Å². The van der Waals surface area contributed by atoms with Gasteiger partial charge in [-0.05, 0) is 18.5 Å². The lowest BCUT2D eigenvalue weighted by molar-refractivity contribution is 0.504. The molecule has 0 N–H and O–H groups in total. The maximum absolute atomic E-state index is 4.41. The Labute approximate surface area is 88.1 Å². The smallest absolute Gasteiger partial charge is 0.258 e. The topological polar surface area (TPSA) is 24.7 Å². The van der Waals surface area contributed by atoms with Crippen molar-refractivity contribution in [1.82, 2.24) is 0 Å². The average molecular weight is 275 g/mol. The first kappa shape index (κ1) is 10.2. The van der Waals surface area contributed by atoms with E-state index in [4.69, 9.17) is 0 Å². The van der Waals surface area contributed by atoms with Gasteiger partial charge in [0.05, 0.1) is 0 Å². The van der Waals surface area contributed by atoms with Gasteiger partial charge in [0, 0.05) is 12.5 Å². The Hall–Kier alpha value is 0.135. The first-order valence-corrected chi connectivity index (χ1v) is 5.42. The lowest BCUT2D eigenvalue weighted by Gasteiger charge is -2.23. The summed E-state index contributed by atoms with van der Waals surface area (Å²) in [5.41, 5.74) is 1.19. The Morgan fingerprint density at radius 1 is 1.58 bits per heavy atom. The number of nitrogens with zero attached hydrogens (tertiary/aromatic N) is 2. The fourth-order valence-corrected chi connectivity index (χ4v) is 1.89. The molecule has 1 rings (SSSR count). The molecule has 4 heteroatoms. The second-order valence-corrected chi connectivity index (χ2v) is 4.01. The van der Waals surface area contributed by atoms with Gasteiger partial charge in [0.1, 0.15) is 5.84 Å². The lowest BCUT2D eigenvalue weighted by Crippen LogP contribution is -2.29. The molecule has 1 heterocycles. The summed E-state index contributed by atoms with van der Waals surface area (Å²) in [7, 11) is 0. The van der Waals surface area contributed by atoms with Crippen molar-refractivity contribution in [3.63, 3.8) is 0 Å². The van der Waals surface area contributed by atoms with Crippen LogP contribution >= 0.6 is 22.4 Å². The SMILES string of the molecule is CC1=NCC(C(C)C)C([B]I)=N1. The zero-order chi connectivity index (χ0) is 9.14. The van der Waals surface area contributed by atoms with Gasteiger partial charge in [0.2, 0.25) is 0 Å². The number of halogens is 1. The minimum atomic E-state index is 0.519. The van der Waals surface area contributed by atoms with E-state index in [1.165, 1.54) is 5.61 Å². The van der Waals surface area contributed by atoms with Crippen molar-refractivity contribution >= 4 is 39.0 Å². The zero-order valence-corrected chi connectivity index (χ0v) is 9.87.